The molecule has 1 heterocycles. The van der Waals surface area contributed by atoms with Gasteiger partial charge in [-0.15, -0.1) is 11.3 Å². The van der Waals surface area contributed by atoms with Crippen molar-refractivity contribution in [2.45, 2.75) is 6.10 Å². The molecular formula is C16H18ClNO4S. The first kappa shape index (κ1) is 17.6. The molecular weight excluding hydrogens is 338 g/mol. The van der Waals surface area contributed by atoms with Crippen LogP contribution in [0.25, 0.3) is 0 Å². The first-order valence-corrected chi connectivity index (χ1v) is 8.06. The van der Waals surface area contributed by atoms with E-state index in [0.29, 0.717) is 27.9 Å². The molecule has 0 saturated heterocycles. The van der Waals surface area contributed by atoms with Gasteiger partial charge < -0.3 is 19.5 Å². The number of nitrogens with one attached hydrogen (secondary N) is 1. The molecule has 2 aromatic rings. The third-order valence-corrected chi connectivity index (χ3v) is 4.62. The van der Waals surface area contributed by atoms with Crippen LogP contribution in [0.5, 0.6) is 11.5 Å². The van der Waals surface area contributed by atoms with Gasteiger partial charge in [-0.3, -0.25) is 4.79 Å². The molecule has 0 radical (unpaired) electrons. The highest BCUT2D eigenvalue weighted by Gasteiger charge is 2.17. The van der Waals surface area contributed by atoms with Crippen LogP contribution in [0.2, 0.25) is 4.34 Å². The van der Waals surface area contributed by atoms with Crippen LogP contribution in [0.15, 0.2) is 30.3 Å². The van der Waals surface area contributed by atoms with Gasteiger partial charge in [-0.1, -0.05) is 11.6 Å². The standard InChI is InChI=1S/C16H18ClNO4S/c1-20-10-4-5-11(12(8-10)21-2)16(19)18-9-13(22-3)14-6-7-15(17)23-14/h4-8,13H,9H2,1-3H3,(H,18,19). The molecule has 0 bridgehead atoms. The SMILES string of the molecule is COc1ccc(C(=O)NCC(OC)c2ccc(Cl)s2)c(OC)c1. The maximum atomic E-state index is 12.4. The van der Waals surface area contributed by atoms with E-state index in [4.69, 9.17) is 25.8 Å². The Balaban J connectivity index is 2.06. The van der Waals surface area contributed by atoms with E-state index in [9.17, 15) is 4.79 Å². The van der Waals surface area contributed by atoms with Crippen LogP contribution in [0.1, 0.15) is 21.3 Å². The zero-order chi connectivity index (χ0) is 16.8. The smallest absolute Gasteiger partial charge is 0.255 e. The van der Waals surface area contributed by atoms with Crippen LogP contribution in [-0.2, 0) is 4.74 Å². The molecule has 0 aliphatic carbocycles. The van der Waals surface area contributed by atoms with Crippen LogP contribution < -0.4 is 14.8 Å². The van der Waals surface area contributed by atoms with Crippen molar-refractivity contribution < 1.29 is 19.0 Å². The summed E-state index contributed by atoms with van der Waals surface area (Å²) in [6.07, 6.45) is -0.249. The van der Waals surface area contributed by atoms with Crippen molar-refractivity contribution in [2.75, 3.05) is 27.9 Å². The van der Waals surface area contributed by atoms with E-state index >= 15 is 0 Å². The van der Waals surface area contributed by atoms with Crippen molar-refractivity contribution >= 4 is 28.8 Å². The Labute approximate surface area is 144 Å². The number of hydrogen-bond donors (Lipinski definition) is 1. The number of ether oxygens (including phenoxy) is 3. The predicted octanol–water partition coefficient (Wildman–Crippen LogP) is 3.54. The van der Waals surface area contributed by atoms with Crippen LogP contribution >= 0.6 is 22.9 Å². The molecule has 0 fully saturated rings. The number of carbonyl (C=O) groups excluding carboxylic acids is 1. The van der Waals surface area contributed by atoms with Gasteiger partial charge in [-0.2, -0.15) is 0 Å². The maximum Gasteiger partial charge on any atom is 0.255 e. The van der Waals surface area contributed by atoms with Gasteiger partial charge in [0.2, 0.25) is 0 Å². The molecule has 124 valence electrons. The van der Waals surface area contributed by atoms with Crippen LogP contribution in [0, 0.1) is 0 Å². The van der Waals surface area contributed by atoms with Gasteiger partial charge >= 0.3 is 0 Å². The molecule has 1 aromatic heterocycles. The summed E-state index contributed by atoms with van der Waals surface area (Å²) in [6, 6.07) is 8.74. The summed E-state index contributed by atoms with van der Waals surface area (Å²) in [5.41, 5.74) is 0.437. The minimum Gasteiger partial charge on any atom is -0.497 e. The van der Waals surface area contributed by atoms with E-state index in [1.165, 1.54) is 18.4 Å². The molecule has 1 amide bonds. The lowest BCUT2D eigenvalue weighted by atomic mass is 10.1. The number of thiophene rings is 1. The summed E-state index contributed by atoms with van der Waals surface area (Å²) in [5, 5.41) is 2.85. The van der Waals surface area contributed by atoms with Gasteiger partial charge in [0.1, 0.15) is 17.6 Å². The zero-order valence-electron chi connectivity index (χ0n) is 13.1. The minimum absolute atomic E-state index is 0.241. The summed E-state index contributed by atoms with van der Waals surface area (Å²) in [5.74, 6) is 0.839. The van der Waals surface area contributed by atoms with Gasteiger partial charge in [0, 0.05) is 24.6 Å². The van der Waals surface area contributed by atoms with E-state index in [-0.39, 0.29) is 12.0 Å². The monoisotopic (exact) mass is 355 g/mol. The lowest BCUT2D eigenvalue weighted by Gasteiger charge is -2.15. The third-order valence-electron chi connectivity index (χ3n) is 3.30. The number of benzene rings is 1. The van der Waals surface area contributed by atoms with Crippen molar-refractivity contribution in [3.8, 4) is 11.5 Å². The molecule has 23 heavy (non-hydrogen) atoms. The first-order chi connectivity index (χ1) is 11.1. The lowest BCUT2D eigenvalue weighted by molar-refractivity contribution is 0.0835. The molecule has 5 nitrogen and oxygen atoms in total. The normalized spacial score (nSPS) is 11.8. The van der Waals surface area contributed by atoms with Crippen molar-refractivity contribution in [1.82, 2.24) is 5.32 Å². The second-order valence-electron chi connectivity index (χ2n) is 4.64. The zero-order valence-corrected chi connectivity index (χ0v) is 14.7. The predicted molar refractivity (Wildman–Crippen MR) is 91.0 cm³/mol. The summed E-state index contributed by atoms with van der Waals surface area (Å²) in [6.45, 7) is 0.335. The van der Waals surface area contributed by atoms with E-state index in [1.807, 2.05) is 12.1 Å². The fourth-order valence-electron chi connectivity index (χ4n) is 2.07. The highest BCUT2D eigenvalue weighted by molar-refractivity contribution is 7.16. The van der Waals surface area contributed by atoms with Crippen molar-refractivity contribution in [1.29, 1.82) is 0 Å². The molecule has 1 N–H and O–H groups in total. The number of halogens is 1. The fraction of sp³-hybridized carbons (Fsp3) is 0.312. The molecule has 1 unspecified atom stereocenters. The highest BCUT2D eigenvalue weighted by Crippen LogP contribution is 2.29. The number of carbonyl (C=O) groups is 1. The topological polar surface area (TPSA) is 56.8 Å². The summed E-state index contributed by atoms with van der Waals surface area (Å²) >= 11 is 7.36. The number of amides is 1. The molecule has 0 saturated carbocycles. The van der Waals surface area contributed by atoms with E-state index in [1.54, 1.807) is 32.4 Å². The largest absolute Gasteiger partial charge is 0.497 e. The molecule has 0 spiro atoms. The van der Waals surface area contributed by atoms with Gasteiger partial charge in [-0.25, -0.2) is 0 Å². The van der Waals surface area contributed by atoms with Crippen LogP contribution in [0.3, 0.4) is 0 Å². The fourth-order valence-corrected chi connectivity index (χ4v) is 3.21. The summed E-state index contributed by atoms with van der Waals surface area (Å²) in [7, 11) is 4.67. The van der Waals surface area contributed by atoms with Gasteiger partial charge in [-0.05, 0) is 24.3 Å². The lowest BCUT2D eigenvalue weighted by Crippen LogP contribution is -2.29. The van der Waals surface area contributed by atoms with Crippen molar-refractivity contribution in [3.05, 3.63) is 45.1 Å². The first-order valence-electron chi connectivity index (χ1n) is 6.87. The van der Waals surface area contributed by atoms with Gasteiger partial charge in [0.15, 0.2) is 0 Å². The minimum atomic E-state index is -0.249. The number of rotatable bonds is 7. The second-order valence-corrected chi connectivity index (χ2v) is 6.39. The Kier molecular flexibility index (Phi) is 6.27. The quantitative estimate of drug-likeness (QED) is 0.825. The van der Waals surface area contributed by atoms with Gasteiger partial charge in [0.05, 0.1) is 24.1 Å². The number of hydrogen-bond acceptors (Lipinski definition) is 5. The molecule has 1 atom stereocenters. The summed E-state index contributed by atoms with van der Waals surface area (Å²) < 4.78 is 16.5. The van der Waals surface area contributed by atoms with Crippen LogP contribution in [-0.4, -0.2) is 33.8 Å². The third kappa shape index (κ3) is 4.37. The molecule has 7 heteroatoms. The van der Waals surface area contributed by atoms with E-state index < -0.39 is 0 Å². The van der Waals surface area contributed by atoms with Crippen LogP contribution in [0.4, 0.5) is 0 Å². The molecule has 2 rings (SSSR count). The average molecular weight is 356 g/mol. The van der Waals surface area contributed by atoms with E-state index in [0.717, 1.165) is 4.88 Å². The highest BCUT2D eigenvalue weighted by atomic mass is 35.5. The van der Waals surface area contributed by atoms with Gasteiger partial charge in [0.25, 0.3) is 5.91 Å². The number of methoxy groups -OCH3 is 3. The maximum absolute atomic E-state index is 12.4. The molecule has 1 aromatic carbocycles. The Morgan fingerprint density at radius 2 is 2.00 bits per heavy atom. The Morgan fingerprint density at radius 1 is 1.22 bits per heavy atom. The Bertz CT molecular complexity index is 674. The average Bonchev–Trinajstić information content (AvgIpc) is 3.00. The molecule has 0 aliphatic heterocycles. The Hall–Kier alpha value is -1.76. The Morgan fingerprint density at radius 3 is 2.57 bits per heavy atom. The van der Waals surface area contributed by atoms with Crippen molar-refractivity contribution in [3.63, 3.8) is 0 Å². The van der Waals surface area contributed by atoms with Crippen molar-refractivity contribution in [2.24, 2.45) is 0 Å². The molecule has 0 aliphatic rings. The summed E-state index contributed by atoms with van der Waals surface area (Å²) in [4.78, 5) is 13.3. The second kappa shape index (κ2) is 8.19. The van der Waals surface area contributed by atoms with E-state index in [2.05, 4.69) is 5.32 Å².